The maximum Gasteiger partial charge on any atom is 0.433 e. The molecule has 1 atom stereocenters. The second kappa shape index (κ2) is 5.27. The third-order valence-corrected chi connectivity index (χ3v) is 2.07. The molecule has 0 bridgehead atoms. The highest BCUT2D eigenvalue weighted by Crippen LogP contribution is 2.28. The molecule has 0 aromatic carbocycles. The Morgan fingerprint density at radius 2 is 2.12 bits per heavy atom. The molecule has 1 unspecified atom stereocenters. The Hall–Kier alpha value is -1.14. The van der Waals surface area contributed by atoms with Crippen LogP contribution in [-0.4, -0.2) is 23.7 Å². The molecule has 1 aromatic rings. The van der Waals surface area contributed by atoms with Gasteiger partial charge in [-0.25, -0.2) is 4.98 Å². The van der Waals surface area contributed by atoms with Crippen molar-refractivity contribution in [2.45, 2.75) is 18.7 Å². The van der Waals surface area contributed by atoms with E-state index in [2.05, 4.69) is 10.3 Å². The average Bonchev–Trinajstić information content (AvgIpc) is 2.25. The summed E-state index contributed by atoms with van der Waals surface area (Å²) in [4.78, 5) is 3.39. The number of halogens is 3. The van der Waals surface area contributed by atoms with E-state index in [1.165, 1.54) is 12.1 Å². The number of hydrogen-bond acceptors (Lipinski definition) is 3. The monoisotopic (exact) mass is 234 g/mol. The van der Waals surface area contributed by atoms with E-state index in [4.69, 9.17) is 0 Å². The Balaban J connectivity index is 2.82. The Morgan fingerprint density at radius 3 is 2.69 bits per heavy atom. The molecule has 0 aliphatic rings. The number of aliphatic hydroxyl groups is 1. The highest BCUT2D eigenvalue weighted by molar-refractivity contribution is 5.15. The maximum atomic E-state index is 12.3. The molecule has 2 N–H and O–H groups in total. The van der Waals surface area contributed by atoms with E-state index in [0.717, 1.165) is 6.07 Å². The van der Waals surface area contributed by atoms with Crippen LogP contribution in [0.4, 0.5) is 13.2 Å². The van der Waals surface area contributed by atoms with Gasteiger partial charge in [0.25, 0.3) is 0 Å². The zero-order valence-electron chi connectivity index (χ0n) is 8.75. The summed E-state index contributed by atoms with van der Waals surface area (Å²) in [5, 5.41) is 12.4. The molecular formula is C10H13F3N2O. The van der Waals surface area contributed by atoms with Gasteiger partial charge in [0.05, 0.1) is 11.8 Å². The van der Waals surface area contributed by atoms with Crippen molar-refractivity contribution in [3.05, 3.63) is 29.6 Å². The normalized spacial score (nSPS) is 13.8. The summed E-state index contributed by atoms with van der Waals surface area (Å²) >= 11 is 0. The lowest BCUT2D eigenvalue weighted by Gasteiger charge is -2.12. The number of pyridine rings is 1. The van der Waals surface area contributed by atoms with E-state index in [0.29, 0.717) is 13.0 Å². The first-order chi connectivity index (χ1) is 7.45. The summed E-state index contributed by atoms with van der Waals surface area (Å²) in [6.07, 6.45) is -5.13. The lowest BCUT2D eigenvalue weighted by Crippen LogP contribution is -2.15. The highest BCUT2D eigenvalue weighted by atomic mass is 19.4. The minimum atomic E-state index is -4.47. The van der Waals surface area contributed by atoms with Crippen molar-refractivity contribution in [1.82, 2.24) is 10.3 Å². The van der Waals surface area contributed by atoms with Gasteiger partial charge < -0.3 is 10.4 Å². The Kier molecular flexibility index (Phi) is 4.26. The molecule has 0 aliphatic carbocycles. The smallest absolute Gasteiger partial charge is 0.387 e. The topological polar surface area (TPSA) is 45.1 Å². The second-order valence-corrected chi connectivity index (χ2v) is 3.35. The van der Waals surface area contributed by atoms with E-state index in [1.807, 2.05) is 0 Å². The molecule has 0 radical (unpaired) electrons. The van der Waals surface area contributed by atoms with Crippen molar-refractivity contribution in [3.63, 3.8) is 0 Å². The molecule has 0 spiro atoms. The van der Waals surface area contributed by atoms with E-state index < -0.39 is 18.0 Å². The molecule has 0 amide bonds. The van der Waals surface area contributed by atoms with Gasteiger partial charge in [0.1, 0.15) is 5.69 Å². The van der Waals surface area contributed by atoms with Gasteiger partial charge >= 0.3 is 6.18 Å². The summed E-state index contributed by atoms with van der Waals surface area (Å²) < 4.78 is 37.0. The first-order valence-corrected chi connectivity index (χ1v) is 4.82. The van der Waals surface area contributed by atoms with Crippen LogP contribution in [0.2, 0.25) is 0 Å². The SMILES string of the molecule is CNCCC(O)c1cccc(C(F)(F)F)n1. The minimum Gasteiger partial charge on any atom is -0.387 e. The van der Waals surface area contributed by atoms with Crippen molar-refractivity contribution in [2.24, 2.45) is 0 Å². The lowest BCUT2D eigenvalue weighted by molar-refractivity contribution is -0.141. The van der Waals surface area contributed by atoms with Crippen LogP contribution >= 0.6 is 0 Å². The Morgan fingerprint density at radius 1 is 1.44 bits per heavy atom. The van der Waals surface area contributed by atoms with E-state index >= 15 is 0 Å². The van der Waals surface area contributed by atoms with Gasteiger partial charge in [-0.05, 0) is 32.1 Å². The number of nitrogens with zero attached hydrogens (tertiary/aromatic N) is 1. The summed E-state index contributed by atoms with van der Waals surface area (Å²) in [6, 6.07) is 3.51. The van der Waals surface area contributed by atoms with E-state index in [-0.39, 0.29) is 5.69 Å². The van der Waals surface area contributed by atoms with Crippen molar-refractivity contribution in [2.75, 3.05) is 13.6 Å². The van der Waals surface area contributed by atoms with Gasteiger partial charge in [-0.3, -0.25) is 0 Å². The predicted molar refractivity (Wildman–Crippen MR) is 52.7 cm³/mol. The van der Waals surface area contributed by atoms with Crippen molar-refractivity contribution in [3.8, 4) is 0 Å². The standard InChI is InChI=1S/C10H13F3N2O/c1-14-6-5-8(16)7-3-2-4-9(15-7)10(11,12)13/h2-4,8,14,16H,5-6H2,1H3. The van der Waals surface area contributed by atoms with Gasteiger partial charge in [0.15, 0.2) is 0 Å². The molecule has 1 heterocycles. The largest absolute Gasteiger partial charge is 0.433 e. The fourth-order valence-corrected chi connectivity index (χ4v) is 1.22. The maximum absolute atomic E-state index is 12.3. The van der Waals surface area contributed by atoms with Crippen molar-refractivity contribution in [1.29, 1.82) is 0 Å². The number of hydrogen-bond donors (Lipinski definition) is 2. The van der Waals surface area contributed by atoms with Gasteiger partial charge in [-0.2, -0.15) is 13.2 Å². The number of aliphatic hydroxyl groups excluding tert-OH is 1. The second-order valence-electron chi connectivity index (χ2n) is 3.35. The van der Waals surface area contributed by atoms with Crippen LogP contribution in [0.1, 0.15) is 23.9 Å². The quantitative estimate of drug-likeness (QED) is 0.834. The predicted octanol–water partition coefficient (Wildman–Crippen LogP) is 1.74. The third-order valence-electron chi connectivity index (χ3n) is 2.07. The molecule has 3 nitrogen and oxygen atoms in total. The molecule has 1 rings (SSSR count). The van der Waals surface area contributed by atoms with E-state index in [1.54, 1.807) is 7.05 Å². The molecule has 0 aliphatic heterocycles. The van der Waals surface area contributed by atoms with Crippen LogP contribution in [-0.2, 0) is 6.18 Å². The zero-order valence-corrected chi connectivity index (χ0v) is 8.75. The Labute approximate surface area is 91.3 Å². The van der Waals surface area contributed by atoms with E-state index in [9.17, 15) is 18.3 Å². The number of rotatable bonds is 4. The molecule has 0 saturated heterocycles. The van der Waals surface area contributed by atoms with Gasteiger partial charge in [-0.15, -0.1) is 0 Å². The van der Waals surface area contributed by atoms with Crippen LogP contribution < -0.4 is 5.32 Å². The average molecular weight is 234 g/mol. The minimum absolute atomic E-state index is 0.0464. The number of nitrogens with one attached hydrogen (secondary N) is 1. The zero-order chi connectivity index (χ0) is 12.2. The van der Waals surface area contributed by atoms with Gasteiger partial charge in [-0.1, -0.05) is 6.07 Å². The molecule has 90 valence electrons. The molecule has 0 fully saturated rings. The molecule has 16 heavy (non-hydrogen) atoms. The first-order valence-electron chi connectivity index (χ1n) is 4.82. The van der Waals surface area contributed by atoms with Crippen LogP contribution in [0.25, 0.3) is 0 Å². The lowest BCUT2D eigenvalue weighted by atomic mass is 10.1. The fourth-order valence-electron chi connectivity index (χ4n) is 1.22. The van der Waals surface area contributed by atoms with Crippen LogP contribution in [0.15, 0.2) is 18.2 Å². The van der Waals surface area contributed by atoms with Crippen molar-refractivity contribution < 1.29 is 18.3 Å². The third kappa shape index (κ3) is 3.46. The molecule has 1 aromatic heterocycles. The fraction of sp³-hybridized carbons (Fsp3) is 0.500. The summed E-state index contributed by atoms with van der Waals surface area (Å²) in [5.74, 6) is 0. The van der Waals surface area contributed by atoms with Crippen LogP contribution in [0.5, 0.6) is 0 Å². The summed E-state index contributed by atoms with van der Waals surface area (Å²) in [7, 11) is 1.70. The summed E-state index contributed by atoms with van der Waals surface area (Å²) in [5.41, 5.74) is -0.932. The number of aromatic nitrogens is 1. The van der Waals surface area contributed by atoms with Crippen LogP contribution in [0, 0.1) is 0 Å². The van der Waals surface area contributed by atoms with Crippen LogP contribution in [0.3, 0.4) is 0 Å². The molecule has 0 saturated carbocycles. The Bertz CT molecular complexity index is 341. The van der Waals surface area contributed by atoms with Gasteiger partial charge in [0, 0.05) is 0 Å². The highest BCUT2D eigenvalue weighted by Gasteiger charge is 2.32. The first kappa shape index (κ1) is 12.9. The van der Waals surface area contributed by atoms with Crippen molar-refractivity contribution >= 4 is 0 Å². The van der Waals surface area contributed by atoms with Gasteiger partial charge in [0.2, 0.25) is 0 Å². The molecule has 6 heteroatoms. The summed E-state index contributed by atoms with van der Waals surface area (Å²) in [6.45, 7) is 0.513. The molecular weight excluding hydrogens is 221 g/mol. The number of alkyl halides is 3.